The number of fused-ring (bicyclic) bond motifs is 1. The first-order valence-electron chi connectivity index (χ1n) is 15.7. The molecule has 1 heterocycles. The van der Waals surface area contributed by atoms with Crippen LogP contribution in [0.1, 0.15) is 38.3 Å². The molecule has 3 aliphatic rings. The zero-order chi connectivity index (χ0) is 34.1. The lowest BCUT2D eigenvalue weighted by molar-refractivity contribution is -0.145. The molecule has 0 aromatic heterocycles. The van der Waals surface area contributed by atoms with Crippen LogP contribution in [0.4, 0.5) is 26.3 Å². The molecule has 256 valence electrons. The highest BCUT2D eigenvalue weighted by Crippen LogP contribution is 2.47. The van der Waals surface area contributed by atoms with Crippen molar-refractivity contribution in [2.24, 2.45) is 17.8 Å². The lowest BCUT2D eigenvalue weighted by Crippen LogP contribution is -2.38. The lowest BCUT2D eigenvalue weighted by Gasteiger charge is -2.30. The summed E-state index contributed by atoms with van der Waals surface area (Å²) in [4.78, 5) is 13.8. The number of piperidine rings is 1. The van der Waals surface area contributed by atoms with Crippen molar-refractivity contribution >= 4 is 5.97 Å². The van der Waals surface area contributed by atoms with Gasteiger partial charge >= 0.3 is 18.3 Å². The quantitative estimate of drug-likeness (QED) is 0.189. The van der Waals surface area contributed by atoms with Crippen molar-refractivity contribution in [3.05, 3.63) is 83.0 Å². The van der Waals surface area contributed by atoms with Gasteiger partial charge in [-0.05, 0) is 65.1 Å². The fraction of sp³-hybridized carbons (Fsp3) is 0.514. The molecular weight excluding hydrogens is 626 g/mol. The van der Waals surface area contributed by atoms with Crippen molar-refractivity contribution in [2.75, 3.05) is 32.8 Å². The number of ether oxygens (including phenoxy) is 2. The van der Waals surface area contributed by atoms with Gasteiger partial charge in [0, 0.05) is 50.1 Å². The SMILES string of the molecule is CC(C)(C)c1ccc(O[C@@H](Cc2ccc(OCCNC3C4CN(CC5CC=C(C(F)(F)F)C=C5C(F)(F)F)C[C@H]43)cc2)C(=O)O)cc1. The van der Waals surface area contributed by atoms with Gasteiger partial charge in [-0.15, -0.1) is 0 Å². The number of nitrogens with one attached hydrogen (secondary N) is 1. The molecule has 1 saturated heterocycles. The average Bonchev–Trinajstić information content (AvgIpc) is 3.43. The monoisotopic (exact) mass is 666 g/mol. The van der Waals surface area contributed by atoms with Gasteiger partial charge in [0.05, 0.1) is 5.57 Å². The van der Waals surface area contributed by atoms with Crippen LogP contribution in [0.25, 0.3) is 0 Å². The molecule has 47 heavy (non-hydrogen) atoms. The minimum Gasteiger partial charge on any atom is -0.492 e. The maximum absolute atomic E-state index is 13.6. The average molecular weight is 667 g/mol. The molecule has 2 aromatic carbocycles. The van der Waals surface area contributed by atoms with Gasteiger partial charge in [-0.25, -0.2) is 4.79 Å². The third-order valence-electron chi connectivity index (χ3n) is 9.15. The molecule has 12 heteroatoms. The van der Waals surface area contributed by atoms with Crippen LogP contribution in [0.3, 0.4) is 0 Å². The number of hydrogen-bond acceptors (Lipinski definition) is 5. The summed E-state index contributed by atoms with van der Waals surface area (Å²) in [6.07, 6.45) is -9.64. The number of allylic oxidation sites excluding steroid dienone is 3. The first-order chi connectivity index (χ1) is 22.0. The van der Waals surface area contributed by atoms with E-state index in [4.69, 9.17) is 9.47 Å². The number of likely N-dealkylation sites (tertiary alicyclic amines) is 1. The smallest absolute Gasteiger partial charge is 0.416 e. The number of aliphatic carboxylic acids is 1. The molecule has 5 atom stereocenters. The fourth-order valence-electron chi connectivity index (χ4n) is 6.51. The van der Waals surface area contributed by atoms with E-state index in [1.54, 1.807) is 36.4 Å². The van der Waals surface area contributed by atoms with Gasteiger partial charge in [-0.3, -0.25) is 0 Å². The maximum atomic E-state index is 13.6. The van der Waals surface area contributed by atoms with Gasteiger partial charge in [0.1, 0.15) is 18.1 Å². The van der Waals surface area contributed by atoms with Crippen LogP contribution < -0.4 is 14.8 Å². The Balaban J connectivity index is 1.02. The van der Waals surface area contributed by atoms with Crippen molar-refractivity contribution in [2.45, 2.75) is 63.5 Å². The van der Waals surface area contributed by atoms with Crippen molar-refractivity contribution in [1.82, 2.24) is 10.2 Å². The van der Waals surface area contributed by atoms with Crippen LogP contribution in [-0.2, 0) is 16.6 Å². The van der Waals surface area contributed by atoms with E-state index in [-0.39, 0.29) is 36.9 Å². The van der Waals surface area contributed by atoms with Crippen molar-refractivity contribution in [3.8, 4) is 11.5 Å². The number of alkyl halides is 6. The Hall–Kier alpha value is -3.51. The second kappa shape index (κ2) is 13.5. The van der Waals surface area contributed by atoms with E-state index in [9.17, 15) is 36.2 Å². The second-order valence-electron chi connectivity index (χ2n) is 13.6. The summed E-state index contributed by atoms with van der Waals surface area (Å²) in [5.41, 5.74) is -0.457. The predicted molar refractivity (Wildman–Crippen MR) is 164 cm³/mol. The molecular formula is C35H40F6N2O4. The van der Waals surface area contributed by atoms with Crippen molar-refractivity contribution in [3.63, 3.8) is 0 Å². The number of carboxylic acids is 1. The number of carboxylic acid groups (broad SMARTS) is 1. The molecule has 3 unspecified atom stereocenters. The number of nitrogens with zero attached hydrogens (tertiary/aromatic N) is 1. The molecule has 0 bridgehead atoms. The van der Waals surface area contributed by atoms with Gasteiger partial charge < -0.3 is 24.8 Å². The van der Waals surface area contributed by atoms with E-state index < -0.39 is 41.5 Å². The van der Waals surface area contributed by atoms with E-state index in [0.717, 1.165) is 17.2 Å². The van der Waals surface area contributed by atoms with Gasteiger partial charge in [0.25, 0.3) is 0 Å². The highest BCUT2D eigenvalue weighted by atomic mass is 19.4. The summed E-state index contributed by atoms with van der Waals surface area (Å²) in [6.45, 7) is 8.54. The summed E-state index contributed by atoms with van der Waals surface area (Å²) in [6, 6.07) is 14.8. The van der Waals surface area contributed by atoms with Crippen LogP contribution in [0.2, 0.25) is 0 Å². The molecule has 1 saturated carbocycles. The number of benzene rings is 2. The van der Waals surface area contributed by atoms with E-state index in [0.29, 0.717) is 49.6 Å². The summed E-state index contributed by atoms with van der Waals surface area (Å²) >= 11 is 0. The zero-order valence-corrected chi connectivity index (χ0v) is 26.5. The molecule has 0 radical (unpaired) electrons. The fourth-order valence-corrected chi connectivity index (χ4v) is 6.51. The molecule has 0 amide bonds. The number of carbonyl (C=O) groups is 1. The minimum absolute atomic E-state index is 0.0235. The molecule has 0 spiro atoms. The summed E-state index contributed by atoms with van der Waals surface area (Å²) < 4.78 is 91.3. The van der Waals surface area contributed by atoms with Gasteiger partial charge in [0.15, 0.2) is 6.10 Å². The van der Waals surface area contributed by atoms with Crippen LogP contribution >= 0.6 is 0 Å². The molecule has 2 fully saturated rings. The van der Waals surface area contributed by atoms with Gasteiger partial charge in [0.2, 0.25) is 0 Å². The highest BCUT2D eigenvalue weighted by molar-refractivity contribution is 5.73. The number of halogens is 6. The third-order valence-corrected chi connectivity index (χ3v) is 9.15. The second-order valence-corrected chi connectivity index (χ2v) is 13.6. The van der Waals surface area contributed by atoms with Crippen molar-refractivity contribution < 1.29 is 45.7 Å². The number of rotatable bonds is 12. The predicted octanol–water partition coefficient (Wildman–Crippen LogP) is 6.95. The van der Waals surface area contributed by atoms with E-state index in [2.05, 4.69) is 26.1 Å². The largest absolute Gasteiger partial charge is 0.492 e. The molecule has 6 nitrogen and oxygen atoms in total. The Morgan fingerprint density at radius 2 is 1.55 bits per heavy atom. The molecule has 2 aromatic rings. The molecule has 5 rings (SSSR count). The Bertz CT molecular complexity index is 1450. The normalized spacial score (nSPS) is 23.9. The van der Waals surface area contributed by atoms with Crippen LogP contribution in [-0.4, -0.2) is 73.3 Å². The van der Waals surface area contributed by atoms with Crippen molar-refractivity contribution in [1.29, 1.82) is 0 Å². The van der Waals surface area contributed by atoms with E-state index in [1.807, 2.05) is 17.0 Å². The molecule has 2 N–H and O–H groups in total. The number of hydrogen-bond donors (Lipinski definition) is 2. The Labute approximate surface area is 270 Å². The molecule has 1 aliphatic heterocycles. The summed E-state index contributed by atoms with van der Waals surface area (Å²) in [5.74, 6) is -0.373. The van der Waals surface area contributed by atoms with Crippen LogP contribution in [0, 0.1) is 17.8 Å². The van der Waals surface area contributed by atoms with Gasteiger partial charge in [-0.1, -0.05) is 51.1 Å². The topological polar surface area (TPSA) is 71.0 Å². The Morgan fingerprint density at radius 3 is 2.11 bits per heavy atom. The lowest BCUT2D eigenvalue weighted by atomic mass is 9.87. The van der Waals surface area contributed by atoms with E-state index in [1.165, 1.54) is 0 Å². The Kier molecular flexibility index (Phi) is 10.0. The third kappa shape index (κ3) is 8.90. The first-order valence-corrected chi connectivity index (χ1v) is 15.7. The summed E-state index contributed by atoms with van der Waals surface area (Å²) in [5, 5.41) is 13.1. The zero-order valence-electron chi connectivity index (χ0n) is 26.5. The molecule has 2 aliphatic carbocycles. The van der Waals surface area contributed by atoms with Crippen LogP contribution in [0.5, 0.6) is 11.5 Å². The minimum atomic E-state index is -4.81. The first kappa shape index (κ1) is 34.8. The standard InChI is InChI=1S/C35H40F6N2O4/c1-33(2,3)23-8-12-26(13-9-23)47-30(32(44)45)16-21-4-10-25(11-5-21)46-15-14-42-31-27-19-43(20-28(27)31)18-22-6-7-24(34(36,37)38)17-29(22)35(39,40)41/h4-5,7-13,17,22,27-28,30-31,42H,6,14-16,18-20H2,1-3H3,(H,44,45)/t22?,27-,28?,30+,31?/m1/s1. The summed E-state index contributed by atoms with van der Waals surface area (Å²) in [7, 11) is 0. The Morgan fingerprint density at radius 1 is 0.936 bits per heavy atom. The van der Waals surface area contributed by atoms with Gasteiger partial charge in [-0.2, -0.15) is 26.3 Å². The van der Waals surface area contributed by atoms with Crippen LogP contribution in [0.15, 0.2) is 71.8 Å². The van der Waals surface area contributed by atoms with E-state index >= 15 is 0 Å². The maximum Gasteiger partial charge on any atom is 0.416 e. The highest BCUT2D eigenvalue weighted by Gasteiger charge is 2.56.